The average molecular weight is 292 g/mol. The van der Waals surface area contributed by atoms with Crippen molar-refractivity contribution in [2.45, 2.75) is 32.7 Å². The molecule has 2 aromatic rings. The molecular weight excluding hydrogens is 272 g/mol. The standard InChI is InChI=1S/C19H20N2O/c1-2-3-12-19(22)21(18-10-5-4-6-11-18)15-17-9-7-8-16(13-17)14-20/h4-11,13H,2-3,12,15H2,1H3. The third kappa shape index (κ3) is 4.20. The van der Waals surface area contributed by atoms with Gasteiger partial charge in [-0.1, -0.05) is 43.7 Å². The van der Waals surface area contributed by atoms with Crippen LogP contribution in [0.1, 0.15) is 37.3 Å². The van der Waals surface area contributed by atoms with Gasteiger partial charge in [-0.3, -0.25) is 4.79 Å². The third-order valence-corrected chi connectivity index (χ3v) is 3.51. The zero-order chi connectivity index (χ0) is 15.8. The molecule has 0 unspecified atom stereocenters. The van der Waals surface area contributed by atoms with Gasteiger partial charge >= 0.3 is 0 Å². The van der Waals surface area contributed by atoms with Gasteiger partial charge in [0.1, 0.15) is 0 Å². The molecule has 0 aliphatic rings. The summed E-state index contributed by atoms with van der Waals surface area (Å²) >= 11 is 0. The van der Waals surface area contributed by atoms with Gasteiger partial charge in [0.15, 0.2) is 0 Å². The van der Waals surface area contributed by atoms with Gasteiger partial charge in [0.2, 0.25) is 5.91 Å². The summed E-state index contributed by atoms with van der Waals surface area (Å²) in [5.74, 6) is 0.121. The smallest absolute Gasteiger partial charge is 0.227 e. The molecule has 1 amide bonds. The molecule has 0 N–H and O–H groups in total. The molecule has 2 rings (SSSR count). The highest BCUT2D eigenvalue weighted by molar-refractivity contribution is 5.93. The Morgan fingerprint density at radius 2 is 1.91 bits per heavy atom. The summed E-state index contributed by atoms with van der Waals surface area (Å²) in [6.45, 7) is 2.57. The number of nitriles is 1. The molecule has 0 saturated heterocycles. The molecule has 112 valence electrons. The van der Waals surface area contributed by atoms with Crippen LogP contribution in [0.2, 0.25) is 0 Å². The Morgan fingerprint density at radius 1 is 1.14 bits per heavy atom. The number of hydrogen-bond donors (Lipinski definition) is 0. The molecule has 0 saturated carbocycles. The van der Waals surface area contributed by atoms with E-state index in [1.807, 2.05) is 48.5 Å². The van der Waals surface area contributed by atoms with E-state index in [2.05, 4.69) is 13.0 Å². The minimum atomic E-state index is 0.121. The van der Waals surface area contributed by atoms with Crippen LogP contribution in [0.5, 0.6) is 0 Å². The maximum absolute atomic E-state index is 12.5. The number of nitrogens with zero attached hydrogens (tertiary/aromatic N) is 2. The molecule has 0 radical (unpaired) electrons. The number of carbonyl (C=O) groups is 1. The zero-order valence-corrected chi connectivity index (χ0v) is 12.8. The molecule has 2 aromatic carbocycles. The molecule has 0 spiro atoms. The largest absolute Gasteiger partial charge is 0.308 e. The fourth-order valence-electron chi connectivity index (χ4n) is 2.32. The van der Waals surface area contributed by atoms with Crippen molar-refractivity contribution in [2.75, 3.05) is 4.90 Å². The van der Waals surface area contributed by atoms with Crippen molar-refractivity contribution in [2.24, 2.45) is 0 Å². The van der Waals surface area contributed by atoms with E-state index in [1.54, 1.807) is 11.0 Å². The topological polar surface area (TPSA) is 44.1 Å². The first-order chi connectivity index (χ1) is 10.7. The second kappa shape index (κ2) is 7.99. The van der Waals surface area contributed by atoms with Crippen LogP contribution < -0.4 is 4.90 Å². The van der Waals surface area contributed by atoms with Gasteiger partial charge < -0.3 is 4.90 Å². The van der Waals surface area contributed by atoms with Gasteiger partial charge in [0.25, 0.3) is 0 Å². The van der Waals surface area contributed by atoms with E-state index in [4.69, 9.17) is 5.26 Å². The van der Waals surface area contributed by atoms with Crippen molar-refractivity contribution < 1.29 is 4.79 Å². The fraction of sp³-hybridized carbons (Fsp3) is 0.263. The maximum atomic E-state index is 12.5. The van der Waals surface area contributed by atoms with Crippen LogP contribution in [-0.4, -0.2) is 5.91 Å². The second-order valence-corrected chi connectivity index (χ2v) is 5.23. The summed E-state index contributed by atoms with van der Waals surface area (Å²) in [5, 5.41) is 9.01. The van der Waals surface area contributed by atoms with Crippen molar-refractivity contribution in [3.8, 4) is 6.07 Å². The lowest BCUT2D eigenvalue weighted by molar-refractivity contribution is -0.118. The van der Waals surface area contributed by atoms with Crippen molar-refractivity contribution in [1.29, 1.82) is 5.26 Å². The second-order valence-electron chi connectivity index (χ2n) is 5.23. The molecule has 22 heavy (non-hydrogen) atoms. The number of rotatable bonds is 6. The molecule has 3 nitrogen and oxygen atoms in total. The summed E-state index contributed by atoms with van der Waals surface area (Å²) < 4.78 is 0. The highest BCUT2D eigenvalue weighted by Crippen LogP contribution is 2.19. The molecule has 0 bridgehead atoms. The minimum absolute atomic E-state index is 0.121. The molecular formula is C19H20N2O. The van der Waals surface area contributed by atoms with Crippen LogP contribution in [0.15, 0.2) is 54.6 Å². The van der Waals surface area contributed by atoms with Gasteiger partial charge in [-0.25, -0.2) is 0 Å². The first-order valence-corrected chi connectivity index (χ1v) is 7.59. The van der Waals surface area contributed by atoms with Crippen molar-refractivity contribution in [1.82, 2.24) is 0 Å². The molecule has 0 aliphatic carbocycles. The lowest BCUT2D eigenvalue weighted by Crippen LogP contribution is -2.30. The van der Waals surface area contributed by atoms with Crippen LogP contribution in [-0.2, 0) is 11.3 Å². The number of carbonyl (C=O) groups excluding carboxylic acids is 1. The van der Waals surface area contributed by atoms with Crippen LogP contribution >= 0.6 is 0 Å². The SMILES string of the molecule is CCCCC(=O)N(Cc1cccc(C#N)c1)c1ccccc1. The van der Waals surface area contributed by atoms with Crippen LogP contribution in [0, 0.1) is 11.3 Å². The Balaban J connectivity index is 2.24. The Kier molecular flexibility index (Phi) is 5.73. The normalized spacial score (nSPS) is 10.0. The van der Waals surface area contributed by atoms with Crippen LogP contribution in [0.4, 0.5) is 5.69 Å². The van der Waals surface area contributed by atoms with E-state index in [1.165, 1.54) is 0 Å². The van der Waals surface area contributed by atoms with Gasteiger partial charge in [0.05, 0.1) is 18.2 Å². The monoisotopic (exact) mass is 292 g/mol. The number of para-hydroxylation sites is 1. The number of benzene rings is 2. The van der Waals surface area contributed by atoms with Crippen molar-refractivity contribution in [3.63, 3.8) is 0 Å². The first-order valence-electron chi connectivity index (χ1n) is 7.59. The predicted octanol–water partition coefficient (Wildman–Crippen LogP) is 4.28. The van der Waals surface area contributed by atoms with Gasteiger partial charge in [-0.05, 0) is 36.2 Å². The third-order valence-electron chi connectivity index (χ3n) is 3.51. The van der Waals surface area contributed by atoms with Crippen molar-refractivity contribution >= 4 is 11.6 Å². The maximum Gasteiger partial charge on any atom is 0.227 e. The predicted molar refractivity (Wildman–Crippen MR) is 88.3 cm³/mol. The average Bonchev–Trinajstić information content (AvgIpc) is 2.58. The fourth-order valence-corrected chi connectivity index (χ4v) is 2.32. The molecule has 0 heterocycles. The highest BCUT2D eigenvalue weighted by atomic mass is 16.2. The highest BCUT2D eigenvalue weighted by Gasteiger charge is 2.15. The summed E-state index contributed by atoms with van der Waals surface area (Å²) in [4.78, 5) is 14.3. The lowest BCUT2D eigenvalue weighted by Gasteiger charge is -2.23. The van der Waals surface area contributed by atoms with Crippen molar-refractivity contribution in [3.05, 3.63) is 65.7 Å². The Bertz CT molecular complexity index is 659. The van der Waals surface area contributed by atoms with E-state index < -0.39 is 0 Å². The van der Waals surface area contributed by atoms with Gasteiger partial charge in [0, 0.05) is 12.1 Å². The van der Waals surface area contributed by atoms with Crippen LogP contribution in [0.3, 0.4) is 0 Å². The number of hydrogen-bond acceptors (Lipinski definition) is 2. The van der Waals surface area contributed by atoms with Gasteiger partial charge in [-0.15, -0.1) is 0 Å². The number of amides is 1. The van der Waals surface area contributed by atoms with E-state index in [0.29, 0.717) is 18.5 Å². The Morgan fingerprint density at radius 3 is 2.59 bits per heavy atom. The minimum Gasteiger partial charge on any atom is -0.308 e. The summed E-state index contributed by atoms with van der Waals surface area (Å²) in [7, 11) is 0. The van der Waals surface area contributed by atoms with E-state index in [0.717, 1.165) is 24.1 Å². The summed E-state index contributed by atoms with van der Waals surface area (Å²) in [6, 6.07) is 19.2. The number of unbranched alkanes of at least 4 members (excludes halogenated alkanes) is 1. The quantitative estimate of drug-likeness (QED) is 0.797. The molecule has 3 heteroatoms. The molecule has 0 atom stereocenters. The summed E-state index contributed by atoms with van der Waals surface area (Å²) in [5.41, 5.74) is 2.48. The zero-order valence-electron chi connectivity index (χ0n) is 12.8. The van der Waals surface area contributed by atoms with E-state index >= 15 is 0 Å². The Hall–Kier alpha value is -2.60. The molecule has 0 aliphatic heterocycles. The first kappa shape index (κ1) is 15.8. The van der Waals surface area contributed by atoms with E-state index in [-0.39, 0.29) is 5.91 Å². The molecule has 0 fully saturated rings. The summed E-state index contributed by atoms with van der Waals surface area (Å²) in [6.07, 6.45) is 2.43. The molecule has 0 aromatic heterocycles. The number of anilines is 1. The van der Waals surface area contributed by atoms with Crippen LogP contribution in [0.25, 0.3) is 0 Å². The van der Waals surface area contributed by atoms with E-state index in [9.17, 15) is 4.79 Å². The van der Waals surface area contributed by atoms with Gasteiger partial charge in [-0.2, -0.15) is 5.26 Å². The Labute approximate surface area is 131 Å². The lowest BCUT2D eigenvalue weighted by atomic mass is 10.1.